The Balaban J connectivity index is 1.87. The molecule has 0 fully saturated rings. The monoisotopic (exact) mass is 475 g/mol. The lowest BCUT2D eigenvalue weighted by molar-refractivity contribution is 0.602. The number of thiazole rings is 1. The van der Waals surface area contributed by atoms with Crippen LogP contribution in [-0.4, -0.2) is 29.4 Å². The fourth-order valence-electron chi connectivity index (χ4n) is 3.09. The third kappa shape index (κ3) is 4.58. The van der Waals surface area contributed by atoms with Gasteiger partial charge in [-0.25, -0.2) is 22.5 Å². The second-order valence-corrected chi connectivity index (χ2v) is 10.5. The van der Waals surface area contributed by atoms with Crippen molar-refractivity contribution in [2.24, 2.45) is 0 Å². The summed E-state index contributed by atoms with van der Waals surface area (Å²) in [5.74, 6) is -0.422. The molecule has 2 heterocycles. The van der Waals surface area contributed by atoms with Gasteiger partial charge >= 0.3 is 0 Å². The minimum atomic E-state index is -3.36. The number of halogens is 2. The van der Waals surface area contributed by atoms with Crippen LogP contribution in [0, 0.1) is 5.82 Å². The molecule has 4 aromatic rings. The van der Waals surface area contributed by atoms with Crippen molar-refractivity contribution in [2.75, 3.05) is 6.26 Å². The van der Waals surface area contributed by atoms with Crippen LogP contribution in [0.1, 0.15) is 5.01 Å². The number of nitrogens with zero attached hydrogens (tertiary/aromatic N) is 3. The first-order chi connectivity index (χ1) is 14.7. The Morgan fingerprint density at radius 2 is 1.68 bits per heavy atom. The minimum absolute atomic E-state index is 0.137. The van der Waals surface area contributed by atoms with Crippen LogP contribution in [0.15, 0.2) is 70.6 Å². The molecule has 31 heavy (non-hydrogen) atoms. The van der Waals surface area contributed by atoms with Crippen molar-refractivity contribution in [1.29, 1.82) is 0 Å². The van der Waals surface area contributed by atoms with E-state index in [-0.39, 0.29) is 17.0 Å². The van der Waals surface area contributed by atoms with E-state index < -0.39 is 15.7 Å². The van der Waals surface area contributed by atoms with Crippen molar-refractivity contribution in [3.63, 3.8) is 0 Å². The first kappa shape index (κ1) is 21.4. The van der Waals surface area contributed by atoms with E-state index in [4.69, 9.17) is 11.6 Å². The topological polar surface area (TPSA) is 81.9 Å². The maximum Gasteiger partial charge on any atom is 0.275 e. The number of benzene rings is 2. The molecule has 6 nitrogen and oxygen atoms in total. The highest BCUT2D eigenvalue weighted by Crippen LogP contribution is 2.30. The van der Waals surface area contributed by atoms with Crippen molar-refractivity contribution in [3.8, 4) is 22.3 Å². The minimum Gasteiger partial charge on any atom is -0.267 e. The fraction of sp³-hybridized carbons (Fsp3) is 0.0952. The second-order valence-electron chi connectivity index (χ2n) is 6.76. The molecular formula is C21H15ClFN3O3S2. The third-order valence-electron chi connectivity index (χ3n) is 4.58. The smallest absolute Gasteiger partial charge is 0.267 e. The zero-order valence-corrected chi connectivity index (χ0v) is 18.5. The summed E-state index contributed by atoms with van der Waals surface area (Å²) in [6.45, 7) is 0.137. The van der Waals surface area contributed by atoms with Crippen molar-refractivity contribution in [3.05, 3.63) is 86.4 Å². The summed E-state index contributed by atoms with van der Waals surface area (Å²) in [4.78, 5) is 17.7. The Labute approximate surface area is 186 Å². The van der Waals surface area contributed by atoms with E-state index >= 15 is 0 Å². The van der Waals surface area contributed by atoms with Gasteiger partial charge in [0.25, 0.3) is 5.56 Å². The lowest BCUT2D eigenvalue weighted by atomic mass is 9.97. The first-order valence-electron chi connectivity index (χ1n) is 8.99. The summed E-state index contributed by atoms with van der Waals surface area (Å²) < 4.78 is 38.8. The molecule has 4 rings (SSSR count). The average Bonchev–Trinajstić information content (AvgIpc) is 3.14. The Hall–Kier alpha value is -2.88. The fourth-order valence-corrected chi connectivity index (χ4v) is 4.66. The molecule has 0 radical (unpaired) electrons. The molecule has 0 bridgehead atoms. The second kappa shape index (κ2) is 8.33. The number of rotatable bonds is 5. The molecule has 0 N–H and O–H groups in total. The molecule has 0 amide bonds. The molecule has 0 saturated heterocycles. The predicted octanol–water partition coefficient (Wildman–Crippen LogP) is 4.28. The predicted molar refractivity (Wildman–Crippen MR) is 119 cm³/mol. The largest absolute Gasteiger partial charge is 0.275 e. The maximum absolute atomic E-state index is 13.5. The lowest BCUT2D eigenvalue weighted by Crippen LogP contribution is -2.25. The van der Waals surface area contributed by atoms with Crippen molar-refractivity contribution >= 4 is 32.8 Å². The molecule has 0 atom stereocenters. The van der Waals surface area contributed by atoms with Gasteiger partial charge in [0, 0.05) is 11.8 Å². The highest BCUT2D eigenvalue weighted by Gasteiger charge is 2.17. The lowest BCUT2D eigenvalue weighted by Gasteiger charge is -2.12. The highest BCUT2D eigenvalue weighted by molar-refractivity contribution is 7.90. The van der Waals surface area contributed by atoms with Gasteiger partial charge in [-0.15, -0.1) is 11.3 Å². The van der Waals surface area contributed by atoms with E-state index in [9.17, 15) is 17.6 Å². The van der Waals surface area contributed by atoms with Crippen LogP contribution in [0.4, 0.5) is 4.39 Å². The summed E-state index contributed by atoms with van der Waals surface area (Å²) in [5.41, 5.74) is 1.57. The van der Waals surface area contributed by atoms with Crippen LogP contribution in [0.5, 0.6) is 0 Å². The normalized spacial score (nSPS) is 11.6. The van der Waals surface area contributed by atoms with Crippen LogP contribution < -0.4 is 5.56 Å². The molecule has 0 aliphatic heterocycles. The molecule has 2 aromatic heterocycles. The maximum atomic E-state index is 13.5. The van der Waals surface area contributed by atoms with Gasteiger partial charge in [-0.3, -0.25) is 4.79 Å². The summed E-state index contributed by atoms with van der Waals surface area (Å²) in [7, 11) is -3.36. The highest BCUT2D eigenvalue weighted by atomic mass is 35.5. The third-order valence-corrected chi connectivity index (χ3v) is 6.81. The first-order valence-corrected chi connectivity index (χ1v) is 12.1. The SMILES string of the molecule is CS(=O)(=O)c1ccc(-c2cnn(Cc3ncc(Cl)s3)c(=O)c2-c2ccc(F)cc2)cc1. The van der Waals surface area contributed by atoms with Crippen LogP contribution in [0.3, 0.4) is 0 Å². The molecule has 0 spiro atoms. The number of hydrogen-bond acceptors (Lipinski definition) is 6. The standard InChI is InChI=1S/C21H15ClFN3O3S2/c1-31(28,29)16-8-4-13(5-9-16)17-10-25-26(12-19-24-11-18(22)30-19)21(27)20(17)14-2-6-15(23)7-3-14/h2-11H,12H2,1H3. The van der Waals surface area contributed by atoms with Crippen LogP contribution in [-0.2, 0) is 16.4 Å². The summed E-state index contributed by atoms with van der Waals surface area (Å²) in [6, 6.07) is 11.8. The van der Waals surface area contributed by atoms with E-state index in [2.05, 4.69) is 10.1 Å². The van der Waals surface area contributed by atoms with Crippen LogP contribution in [0.25, 0.3) is 22.3 Å². The van der Waals surface area contributed by atoms with Gasteiger partial charge < -0.3 is 0 Å². The quantitative estimate of drug-likeness (QED) is 0.430. The van der Waals surface area contributed by atoms with E-state index in [1.165, 1.54) is 64.8 Å². The number of sulfone groups is 1. The molecule has 0 saturated carbocycles. The Bertz CT molecular complexity index is 1410. The molecule has 0 aliphatic rings. The van der Waals surface area contributed by atoms with Gasteiger partial charge in [0.1, 0.15) is 15.2 Å². The van der Waals surface area contributed by atoms with Crippen molar-refractivity contribution in [2.45, 2.75) is 11.4 Å². The number of hydrogen-bond donors (Lipinski definition) is 0. The summed E-state index contributed by atoms with van der Waals surface area (Å²) >= 11 is 7.18. The van der Waals surface area contributed by atoms with E-state index in [0.29, 0.717) is 31.6 Å². The molecular weight excluding hydrogens is 461 g/mol. The van der Waals surface area contributed by atoms with Crippen molar-refractivity contribution in [1.82, 2.24) is 14.8 Å². The van der Waals surface area contributed by atoms with E-state index in [1.54, 1.807) is 12.1 Å². The zero-order chi connectivity index (χ0) is 22.2. The summed E-state index contributed by atoms with van der Waals surface area (Å²) in [5, 5.41) is 4.89. The van der Waals surface area contributed by atoms with Crippen molar-refractivity contribution < 1.29 is 12.8 Å². The Kier molecular flexibility index (Phi) is 5.74. The van der Waals surface area contributed by atoms with Gasteiger partial charge in [0.05, 0.1) is 29.4 Å². The van der Waals surface area contributed by atoms with Gasteiger partial charge in [-0.1, -0.05) is 35.9 Å². The molecule has 158 valence electrons. The Morgan fingerprint density at radius 3 is 2.26 bits per heavy atom. The molecule has 0 unspecified atom stereocenters. The van der Waals surface area contributed by atoms with Crippen LogP contribution >= 0.6 is 22.9 Å². The van der Waals surface area contributed by atoms with E-state index in [0.717, 1.165) is 6.26 Å². The van der Waals surface area contributed by atoms with Gasteiger partial charge in [0.15, 0.2) is 9.84 Å². The average molecular weight is 476 g/mol. The summed E-state index contributed by atoms with van der Waals surface area (Å²) in [6.07, 6.45) is 4.16. The Morgan fingerprint density at radius 1 is 1.03 bits per heavy atom. The molecule has 0 aliphatic carbocycles. The number of aromatic nitrogens is 3. The van der Waals surface area contributed by atoms with Crippen LogP contribution in [0.2, 0.25) is 4.34 Å². The van der Waals surface area contributed by atoms with E-state index in [1.807, 2.05) is 0 Å². The molecule has 10 heteroatoms. The van der Waals surface area contributed by atoms with Gasteiger partial charge in [-0.2, -0.15) is 5.10 Å². The zero-order valence-electron chi connectivity index (χ0n) is 16.1. The van der Waals surface area contributed by atoms with Gasteiger partial charge in [0.2, 0.25) is 0 Å². The molecule has 2 aromatic carbocycles. The van der Waals surface area contributed by atoms with Gasteiger partial charge in [-0.05, 0) is 35.4 Å².